The van der Waals surface area contributed by atoms with E-state index in [4.69, 9.17) is 16.3 Å². The van der Waals surface area contributed by atoms with E-state index < -0.39 is 29.3 Å². The number of halogens is 3. The fourth-order valence-corrected chi connectivity index (χ4v) is 5.18. The molecule has 3 aromatic rings. The number of pyridine rings is 1. The van der Waals surface area contributed by atoms with Gasteiger partial charge in [-0.15, -0.1) is 11.3 Å². The minimum absolute atomic E-state index is 0.0839. The van der Waals surface area contributed by atoms with Crippen LogP contribution in [0.2, 0.25) is 5.02 Å². The van der Waals surface area contributed by atoms with Gasteiger partial charge in [-0.2, -0.15) is 8.78 Å². The lowest BCUT2D eigenvalue weighted by atomic mass is 10.1. The van der Waals surface area contributed by atoms with E-state index in [1.165, 1.54) is 25.5 Å². The summed E-state index contributed by atoms with van der Waals surface area (Å²) in [6.07, 6.45) is 7.33. The molecule has 1 atom stereocenters. The third kappa shape index (κ3) is 8.32. The van der Waals surface area contributed by atoms with Gasteiger partial charge in [0.15, 0.2) is 0 Å². The lowest BCUT2D eigenvalue weighted by Crippen LogP contribution is -2.37. The number of thiazole rings is 1. The molecular formula is C27H30ClF2N7O3S. The van der Waals surface area contributed by atoms with E-state index in [1.54, 1.807) is 13.0 Å². The summed E-state index contributed by atoms with van der Waals surface area (Å²) in [5.74, 6) is -4.39. The smallest absolute Gasteiger partial charge is 0.293 e. The number of anilines is 1. The van der Waals surface area contributed by atoms with Gasteiger partial charge in [-0.25, -0.2) is 19.9 Å². The molecule has 0 saturated carbocycles. The van der Waals surface area contributed by atoms with Crippen LogP contribution in [0.25, 0.3) is 0 Å². The van der Waals surface area contributed by atoms with E-state index in [0.717, 1.165) is 75.0 Å². The number of amides is 2. The third-order valence-electron chi connectivity index (χ3n) is 6.26. The van der Waals surface area contributed by atoms with Crippen LogP contribution in [0.15, 0.2) is 43.0 Å². The zero-order chi connectivity index (χ0) is 29.4. The second-order valence-corrected chi connectivity index (χ2v) is 10.8. The molecule has 0 aromatic carbocycles. The Kier molecular flexibility index (Phi) is 10.4. The lowest BCUT2D eigenvalue weighted by Gasteiger charge is -2.26. The van der Waals surface area contributed by atoms with Crippen LogP contribution in [0.5, 0.6) is 0 Å². The van der Waals surface area contributed by atoms with Gasteiger partial charge in [0, 0.05) is 30.5 Å². The number of nitrogens with zero attached hydrogens (tertiary/aromatic N) is 5. The molecule has 0 bridgehead atoms. The standard InChI is InChI=1S/C27H30ClF2N7O3S/c1-3-6-27(29,30)19-13-23(31-14-20(19)28)36-25(39)22-15-32-26(41-22)17(2)35-24(38)21-12-18(33-16-34-21)5-4-7-37-8-10-40-11-9-37/h3,6,12-17H,4-5,7-11H2,1-2H3,(H,35,38)(H,31,36,39)/b6-3+. The van der Waals surface area contributed by atoms with Gasteiger partial charge in [-0.05, 0) is 51.4 Å². The van der Waals surface area contributed by atoms with Crippen molar-refractivity contribution < 1.29 is 23.1 Å². The highest BCUT2D eigenvalue weighted by Crippen LogP contribution is 2.35. The normalized spacial score (nSPS) is 15.1. The highest BCUT2D eigenvalue weighted by Gasteiger charge is 2.31. The molecule has 1 aliphatic rings. The van der Waals surface area contributed by atoms with Crippen molar-refractivity contribution in [2.24, 2.45) is 0 Å². The molecule has 2 N–H and O–H groups in total. The zero-order valence-electron chi connectivity index (χ0n) is 22.6. The Labute approximate surface area is 245 Å². The van der Waals surface area contributed by atoms with Gasteiger partial charge in [0.05, 0.1) is 30.5 Å². The van der Waals surface area contributed by atoms with Crippen LogP contribution in [0.1, 0.15) is 62.7 Å². The number of morpholine rings is 1. The van der Waals surface area contributed by atoms with Crippen molar-refractivity contribution in [1.29, 1.82) is 0 Å². The number of hydrogen-bond donors (Lipinski definition) is 2. The van der Waals surface area contributed by atoms with Crippen molar-refractivity contribution in [3.8, 4) is 0 Å². The van der Waals surface area contributed by atoms with Gasteiger partial charge in [-0.1, -0.05) is 17.7 Å². The molecule has 1 saturated heterocycles. The largest absolute Gasteiger partial charge is 0.379 e. The second kappa shape index (κ2) is 14.0. The molecule has 2 amide bonds. The van der Waals surface area contributed by atoms with Crippen molar-refractivity contribution in [1.82, 2.24) is 30.2 Å². The maximum Gasteiger partial charge on any atom is 0.293 e. The number of aromatic nitrogens is 4. The Bertz CT molecular complexity index is 1400. The van der Waals surface area contributed by atoms with Crippen LogP contribution in [0.3, 0.4) is 0 Å². The summed E-state index contributed by atoms with van der Waals surface area (Å²) in [4.78, 5) is 44.7. The van der Waals surface area contributed by atoms with Crippen molar-refractivity contribution in [3.05, 3.63) is 74.9 Å². The molecule has 1 unspecified atom stereocenters. The van der Waals surface area contributed by atoms with Crippen molar-refractivity contribution in [3.63, 3.8) is 0 Å². The molecule has 4 rings (SSSR count). The molecule has 218 valence electrons. The molecule has 3 aromatic heterocycles. The third-order valence-corrected chi connectivity index (χ3v) is 7.74. The van der Waals surface area contributed by atoms with Crippen LogP contribution in [0, 0.1) is 0 Å². The number of allylic oxidation sites excluding steroid dienone is 2. The Balaban J connectivity index is 1.33. The van der Waals surface area contributed by atoms with Crippen LogP contribution < -0.4 is 10.6 Å². The maximum atomic E-state index is 14.4. The number of carbonyl (C=O) groups excluding carboxylic acids is 2. The number of rotatable bonds is 11. The SMILES string of the molecule is C/C=C/C(F)(F)c1cc(NC(=O)c2cnc(C(C)NC(=O)c3cc(CCCN4CCOCC4)ncn3)s2)ncc1Cl. The van der Waals surface area contributed by atoms with Crippen LogP contribution in [0.4, 0.5) is 14.6 Å². The van der Waals surface area contributed by atoms with Crippen molar-refractivity contribution >= 4 is 40.6 Å². The van der Waals surface area contributed by atoms with Gasteiger partial charge in [0.25, 0.3) is 17.7 Å². The predicted molar refractivity (Wildman–Crippen MR) is 152 cm³/mol. The molecular weight excluding hydrogens is 576 g/mol. The number of hydrogen-bond acceptors (Lipinski definition) is 9. The van der Waals surface area contributed by atoms with Crippen LogP contribution in [-0.4, -0.2) is 69.5 Å². The Hall–Kier alpha value is -3.39. The van der Waals surface area contributed by atoms with Gasteiger partial charge in [0.2, 0.25) is 0 Å². The number of aryl methyl sites for hydroxylation is 1. The molecule has 14 heteroatoms. The summed E-state index contributed by atoms with van der Waals surface area (Å²) < 4.78 is 34.1. The molecule has 1 aliphatic heterocycles. The molecule has 41 heavy (non-hydrogen) atoms. The van der Waals surface area contributed by atoms with Gasteiger partial charge < -0.3 is 15.4 Å². The summed E-state index contributed by atoms with van der Waals surface area (Å²) in [7, 11) is 0. The monoisotopic (exact) mass is 605 g/mol. The van der Waals surface area contributed by atoms with Crippen molar-refractivity contribution in [2.45, 2.75) is 38.7 Å². The molecule has 0 aliphatic carbocycles. The molecule has 0 radical (unpaired) electrons. The zero-order valence-corrected chi connectivity index (χ0v) is 24.1. The van der Waals surface area contributed by atoms with E-state index in [9.17, 15) is 18.4 Å². The number of nitrogens with one attached hydrogen (secondary N) is 2. The van der Waals surface area contributed by atoms with Crippen LogP contribution in [-0.2, 0) is 17.1 Å². The molecule has 1 fully saturated rings. The van der Waals surface area contributed by atoms with Crippen molar-refractivity contribution in [2.75, 3.05) is 38.2 Å². The first-order valence-electron chi connectivity index (χ1n) is 13.0. The summed E-state index contributed by atoms with van der Waals surface area (Å²) >= 11 is 6.97. The quantitative estimate of drug-likeness (QED) is 0.303. The average Bonchev–Trinajstić information content (AvgIpc) is 3.46. The van der Waals surface area contributed by atoms with Gasteiger partial charge >= 0.3 is 0 Å². The number of alkyl halides is 2. The summed E-state index contributed by atoms with van der Waals surface area (Å²) in [5, 5.41) is 5.59. The first-order valence-corrected chi connectivity index (χ1v) is 14.2. The fourth-order valence-electron chi connectivity index (χ4n) is 4.13. The molecule has 10 nitrogen and oxygen atoms in total. The minimum Gasteiger partial charge on any atom is -0.379 e. The van der Waals surface area contributed by atoms with E-state index in [-0.39, 0.29) is 21.4 Å². The van der Waals surface area contributed by atoms with Gasteiger partial charge in [-0.3, -0.25) is 14.5 Å². The Morgan fingerprint density at radius 2 is 1.95 bits per heavy atom. The van der Waals surface area contributed by atoms with E-state index in [0.29, 0.717) is 11.1 Å². The van der Waals surface area contributed by atoms with Crippen LogP contribution >= 0.6 is 22.9 Å². The lowest BCUT2D eigenvalue weighted by molar-refractivity contribution is 0.0374. The highest BCUT2D eigenvalue weighted by molar-refractivity contribution is 7.13. The first kappa shape index (κ1) is 30.6. The molecule has 0 spiro atoms. The fraction of sp³-hybridized carbons (Fsp3) is 0.407. The van der Waals surface area contributed by atoms with E-state index in [1.807, 2.05) is 0 Å². The summed E-state index contributed by atoms with van der Waals surface area (Å²) in [6.45, 7) is 7.48. The first-order chi connectivity index (χ1) is 19.7. The highest BCUT2D eigenvalue weighted by atomic mass is 35.5. The van der Waals surface area contributed by atoms with Gasteiger partial charge in [0.1, 0.15) is 27.7 Å². The summed E-state index contributed by atoms with van der Waals surface area (Å²) in [6, 6.07) is 2.19. The minimum atomic E-state index is -3.33. The Morgan fingerprint density at radius 1 is 1.17 bits per heavy atom. The predicted octanol–water partition coefficient (Wildman–Crippen LogP) is 4.66. The summed E-state index contributed by atoms with van der Waals surface area (Å²) in [5.41, 5.74) is 0.540. The number of carbonyl (C=O) groups is 2. The van der Waals surface area contributed by atoms with E-state index >= 15 is 0 Å². The Morgan fingerprint density at radius 3 is 2.71 bits per heavy atom. The van der Waals surface area contributed by atoms with E-state index in [2.05, 4.69) is 35.5 Å². The topological polar surface area (TPSA) is 122 Å². The maximum absolute atomic E-state index is 14.4. The number of ether oxygens (including phenoxy) is 1. The average molecular weight is 606 g/mol. The second-order valence-electron chi connectivity index (χ2n) is 9.34. The molecule has 4 heterocycles.